The SMILES string of the molecule is COc1ccc([C@H](NC(=O)c2cc3ncccn3n2)C2CC(O)C2)cn1. The molecule has 134 valence electrons. The van der Waals surface area contributed by atoms with E-state index in [-0.39, 0.29) is 24.0 Å². The maximum Gasteiger partial charge on any atom is 0.272 e. The van der Waals surface area contributed by atoms with E-state index < -0.39 is 0 Å². The summed E-state index contributed by atoms with van der Waals surface area (Å²) in [5.41, 5.74) is 1.78. The molecule has 2 N–H and O–H groups in total. The average Bonchev–Trinajstić information content (AvgIpc) is 3.08. The van der Waals surface area contributed by atoms with E-state index in [1.54, 1.807) is 48.4 Å². The smallest absolute Gasteiger partial charge is 0.272 e. The Morgan fingerprint density at radius 3 is 2.88 bits per heavy atom. The van der Waals surface area contributed by atoms with Crippen LogP contribution in [0.5, 0.6) is 5.88 Å². The monoisotopic (exact) mass is 353 g/mol. The van der Waals surface area contributed by atoms with Gasteiger partial charge in [-0.1, -0.05) is 6.07 Å². The van der Waals surface area contributed by atoms with Gasteiger partial charge in [0.15, 0.2) is 11.3 Å². The number of amides is 1. The van der Waals surface area contributed by atoms with Crippen molar-refractivity contribution >= 4 is 11.6 Å². The van der Waals surface area contributed by atoms with Crippen molar-refractivity contribution in [3.63, 3.8) is 0 Å². The van der Waals surface area contributed by atoms with Gasteiger partial charge in [-0.15, -0.1) is 0 Å². The summed E-state index contributed by atoms with van der Waals surface area (Å²) < 4.78 is 6.65. The van der Waals surface area contributed by atoms with Crippen LogP contribution >= 0.6 is 0 Å². The summed E-state index contributed by atoms with van der Waals surface area (Å²) in [6.07, 6.45) is 6.06. The average molecular weight is 353 g/mol. The zero-order chi connectivity index (χ0) is 18.1. The molecule has 1 amide bonds. The predicted molar refractivity (Wildman–Crippen MR) is 92.7 cm³/mol. The Morgan fingerprint density at radius 1 is 1.38 bits per heavy atom. The quantitative estimate of drug-likeness (QED) is 0.718. The maximum absolute atomic E-state index is 12.7. The summed E-state index contributed by atoms with van der Waals surface area (Å²) in [5.74, 6) is 0.385. The van der Waals surface area contributed by atoms with Crippen molar-refractivity contribution in [2.75, 3.05) is 7.11 Å². The van der Waals surface area contributed by atoms with Crippen LogP contribution in [0.4, 0.5) is 0 Å². The number of ether oxygens (including phenoxy) is 1. The molecule has 1 aliphatic rings. The van der Waals surface area contributed by atoms with Gasteiger partial charge in [-0.3, -0.25) is 4.79 Å². The lowest BCUT2D eigenvalue weighted by Gasteiger charge is -2.38. The third-order valence-corrected chi connectivity index (χ3v) is 4.70. The molecular weight excluding hydrogens is 334 g/mol. The van der Waals surface area contributed by atoms with E-state index in [2.05, 4.69) is 20.4 Å². The molecule has 0 radical (unpaired) electrons. The first kappa shape index (κ1) is 16.5. The highest BCUT2D eigenvalue weighted by atomic mass is 16.5. The van der Waals surface area contributed by atoms with Gasteiger partial charge in [0.25, 0.3) is 5.91 Å². The van der Waals surface area contributed by atoms with Crippen LogP contribution in [0, 0.1) is 5.92 Å². The molecule has 1 saturated carbocycles. The van der Waals surface area contributed by atoms with Crippen LogP contribution in [-0.4, -0.2) is 43.8 Å². The molecular formula is C18H19N5O3. The van der Waals surface area contributed by atoms with Crippen LogP contribution in [0.3, 0.4) is 0 Å². The number of rotatable bonds is 5. The minimum Gasteiger partial charge on any atom is -0.481 e. The van der Waals surface area contributed by atoms with Crippen molar-refractivity contribution in [3.05, 3.63) is 54.1 Å². The van der Waals surface area contributed by atoms with Gasteiger partial charge in [0, 0.05) is 30.7 Å². The van der Waals surface area contributed by atoms with Crippen LogP contribution < -0.4 is 10.1 Å². The number of methoxy groups -OCH3 is 1. The molecule has 0 saturated heterocycles. The Balaban J connectivity index is 1.58. The molecule has 0 unspecified atom stereocenters. The number of nitrogens with zero attached hydrogens (tertiary/aromatic N) is 4. The molecule has 3 aromatic rings. The van der Waals surface area contributed by atoms with Gasteiger partial charge in [0.2, 0.25) is 5.88 Å². The number of carbonyl (C=O) groups is 1. The van der Waals surface area contributed by atoms with E-state index in [0.29, 0.717) is 30.1 Å². The van der Waals surface area contributed by atoms with Gasteiger partial charge >= 0.3 is 0 Å². The third kappa shape index (κ3) is 3.11. The zero-order valence-electron chi connectivity index (χ0n) is 14.2. The summed E-state index contributed by atoms with van der Waals surface area (Å²) in [4.78, 5) is 21.1. The van der Waals surface area contributed by atoms with E-state index in [4.69, 9.17) is 4.74 Å². The molecule has 8 heteroatoms. The van der Waals surface area contributed by atoms with Gasteiger partial charge in [-0.05, 0) is 30.4 Å². The summed E-state index contributed by atoms with van der Waals surface area (Å²) in [6, 6.07) is 6.80. The van der Waals surface area contributed by atoms with Crippen LogP contribution in [0.2, 0.25) is 0 Å². The minimum absolute atomic E-state index is 0.152. The number of aromatic nitrogens is 4. The molecule has 0 bridgehead atoms. The highest BCUT2D eigenvalue weighted by Gasteiger charge is 2.36. The lowest BCUT2D eigenvalue weighted by molar-refractivity contribution is 0.0234. The summed E-state index contributed by atoms with van der Waals surface area (Å²) >= 11 is 0. The molecule has 8 nitrogen and oxygen atoms in total. The van der Waals surface area contributed by atoms with Gasteiger partial charge < -0.3 is 15.2 Å². The maximum atomic E-state index is 12.7. The molecule has 4 rings (SSSR count). The molecule has 0 spiro atoms. The van der Waals surface area contributed by atoms with Gasteiger partial charge in [-0.25, -0.2) is 14.5 Å². The number of hydrogen-bond donors (Lipinski definition) is 2. The summed E-state index contributed by atoms with van der Waals surface area (Å²) in [6.45, 7) is 0. The molecule has 1 aliphatic carbocycles. The van der Waals surface area contributed by atoms with Crippen molar-refractivity contribution in [1.29, 1.82) is 0 Å². The fourth-order valence-corrected chi connectivity index (χ4v) is 3.23. The summed E-state index contributed by atoms with van der Waals surface area (Å²) in [7, 11) is 1.56. The number of pyridine rings is 1. The number of hydrogen-bond acceptors (Lipinski definition) is 6. The van der Waals surface area contributed by atoms with Crippen LogP contribution in [-0.2, 0) is 0 Å². The van der Waals surface area contributed by atoms with Crippen molar-refractivity contribution in [2.24, 2.45) is 5.92 Å². The minimum atomic E-state index is -0.315. The van der Waals surface area contributed by atoms with E-state index >= 15 is 0 Å². The van der Waals surface area contributed by atoms with Crippen molar-refractivity contribution < 1.29 is 14.6 Å². The Morgan fingerprint density at radius 2 is 2.23 bits per heavy atom. The molecule has 26 heavy (non-hydrogen) atoms. The second-order valence-corrected chi connectivity index (χ2v) is 6.42. The first-order valence-corrected chi connectivity index (χ1v) is 8.43. The first-order valence-electron chi connectivity index (χ1n) is 8.43. The highest BCUT2D eigenvalue weighted by Crippen LogP contribution is 2.38. The fourth-order valence-electron chi connectivity index (χ4n) is 3.23. The normalized spacial score (nSPS) is 20.4. The predicted octanol–water partition coefficient (Wildman–Crippen LogP) is 1.37. The first-order chi connectivity index (χ1) is 12.6. The van der Waals surface area contributed by atoms with E-state index in [9.17, 15) is 9.90 Å². The lowest BCUT2D eigenvalue weighted by Crippen LogP contribution is -2.41. The van der Waals surface area contributed by atoms with Crippen LogP contribution in [0.25, 0.3) is 5.65 Å². The van der Waals surface area contributed by atoms with E-state index in [1.807, 2.05) is 6.07 Å². The molecule has 0 aromatic carbocycles. The Kier molecular flexibility index (Phi) is 4.26. The molecule has 3 aromatic heterocycles. The van der Waals surface area contributed by atoms with Crippen molar-refractivity contribution in [2.45, 2.75) is 25.0 Å². The number of aliphatic hydroxyl groups is 1. The van der Waals surface area contributed by atoms with Crippen molar-refractivity contribution in [3.8, 4) is 5.88 Å². The lowest BCUT2D eigenvalue weighted by atomic mass is 9.75. The van der Waals surface area contributed by atoms with Crippen LogP contribution in [0.15, 0.2) is 42.9 Å². The molecule has 3 heterocycles. The molecule has 1 fully saturated rings. The van der Waals surface area contributed by atoms with Gasteiger partial charge in [0.05, 0.1) is 19.3 Å². The van der Waals surface area contributed by atoms with Gasteiger partial charge in [0.1, 0.15) is 0 Å². The summed E-state index contributed by atoms with van der Waals surface area (Å²) in [5, 5.41) is 17.0. The molecule has 0 aliphatic heterocycles. The number of carbonyl (C=O) groups excluding carboxylic acids is 1. The highest BCUT2D eigenvalue weighted by molar-refractivity contribution is 5.93. The zero-order valence-corrected chi connectivity index (χ0v) is 14.2. The second kappa shape index (κ2) is 6.72. The fraction of sp³-hybridized carbons (Fsp3) is 0.333. The Labute approximate surface area is 149 Å². The third-order valence-electron chi connectivity index (χ3n) is 4.70. The number of nitrogens with one attached hydrogen (secondary N) is 1. The Bertz CT molecular complexity index is 885. The van der Waals surface area contributed by atoms with Crippen molar-refractivity contribution in [1.82, 2.24) is 24.9 Å². The Hall–Kier alpha value is -3.00. The topological polar surface area (TPSA) is 102 Å². The largest absolute Gasteiger partial charge is 0.481 e. The molecule has 1 atom stereocenters. The number of aliphatic hydroxyl groups excluding tert-OH is 1. The van der Waals surface area contributed by atoms with E-state index in [0.717, 1.165) is 5.56 Å². The standard InChI is InChI=1S/C18H19N5O3/c1-26-16-4-3-11(10-20-16)17(12-7-13(24)8-12)21-18(25)14-9-15-19-5-2-6-23(15)22-14/h2-6,9-10,12-13,17,24H,7-8H2,1H3,(H,21,25)/t12?,13?,17-/m0/s1. The van der Waals surface area contributed by atoms with E-state index in [1.165, 1.54) is 0 Å². The second-order valence-electron chi connectivity index (χ2n) is 6.42. The van der Waals surface area contributed by atoms with Crippen LogP contribution in [0.1, 0.15) is 34.9 Å². The number of fused-ring (bicyclic) bond motifs is 1. The van der Waals surface area contributed by atoms with Gasteiger partial charge in [-0.2, -0.15) is 5.10 Å².